The molecule has 0 rings (SSSR count). The van der Waals surface area contributed by atoms with Crippen molar-refractivity contribution in [3.8, 4) is 0 Å². The molecule has 0 saturated carbocycles. The summed E-state index contributed by atoms with van der Waals surface area (Å²) < 4.78 is 18.1. The number of rotatable bonds is 15. The molecule has 1 unspecified atom stereocenters. The van der Waals surface area contributed by atoms with Gasteiger partial charge in [0, 0.05) is 27.8 Å². The Morgan fingerprint density at radius 2 is 1.17 bits per heavy atom. The van der Waals surface area contributed by atoms with E-state index in [1.54, 1.807) is 21.3 Å². The van der Waals surface area contributed by atoms with Gasteiger partial charge < -0.3 is 17.8 Å². The van der Waals surface area contributed by atoms with Crippen LogP contribution in [-0.4, -0.2) is 60.9 Å². The molecule has 0 aromatic rings. The molecule has 0 bridgehead atoms. The number of hydrogen-bond donors (Lipinski definition) is 0. The number of nitrogens with zero attached hydrogens (tertiary/aromatic N) is 1. The Morgan fingerprint density at radius 1 is 0.739 bits per heavy atom. The lowest BCUT2D eigenvalue weighted by atomic mass is 10.1. The Bertz CT molecular complexity index is 275. The third kappa shape index (κ3) is 7.65. The number of quaternary nitrogens is 1. The van der Waals surface area contributed by atoms with Gasteiger partial charge in [-0.05, 0) is 12.8 Å². The zero-order chi connectivity index (χ0) is 17.8. The first-order valence-corrected chi connectivity index (χ1v) is 11.2. The van der Waals surface area contributed by atoms with Crippen LogP contribution in [0.1, 0.15) is 71.6 Å². The maximum absolute atomic E-state index is 5.74. The fourth-order valence-corrected chi connectivity index (χ4v) is 6.44. The topological polar surface area (TPSA) is 27.7 Å². The van der Waals surface area contributed by atoms with Crippen LogP contribution in [0.4, 0.5) is 0 Å². The summed E-state index contributed by atoms with van der Waals surface area (Å²) in [5.74, 6) is 0. The van der Waals surface area contributed by atoms with Gasteiger partial charge in [-0.2, -0.15) is 0 Å². The number of unbranched alkanes of at least 4 members (excludes halogenated alkanes) is 7. The molecule has 1 atom stereocenters. The third-order valence-corrected chi connectivity index (χ3v) is 8.71. The Balaban J connectivity index is 4.32. The second-order valence-electron chi connectivity index (χ2n) is 7.12. The highest BCUT2D eigenvalue weighted by Gasteiger charge is 2.55. The Labute approximate surface area is 146 Å². The van der Waals surface area contributed by atoms with E-state index in [0.29, 0.717) is 0 Å². The van der Waals surface area contributed by atoms with Crippen LogP contribution in [0.5, 0.6) is 0 Å². The lowest BCUT2D eigenvalue weighted by molar-refractivity contribution is -0.906. The average Bonchev–Trinajstić information content (AvgIpc) is 2.55. The molecule has 4 nitrogen and oxygen atoms in total. The monoisotopic (exact) mass is 348 g/mol. The van der Waals surface area contributed by atoms with Crippen molar-refractivity contribution in [3.05, 3.63) is 0 Å². The zero-order valence-corrected chi connectivity index (χ0v) is 17.8. The molecule has 0 spiro atoms. The van der Waals surface area contributed by atoms with Crippen LogP contribution in [0, 0.1) is 0 Å². The maximum Gasteiger partial charge on any atom is 0.561 e. The summed E-state index contributed by atoms with van der Waals surface area (Å²) in [6.07, 6.45) is 11.9. The molecule has 0 radical (unpaired) electrons. The minimum atomic E-state index is -2.60. The summed E-state index contributed by atoms with van der Waals surface area (Å²) in [5, 5.41) is 0. The van der Waals surface area contributed by atoms with Crippen LogP contribution in [0.3, 0.4) is 0 Å². The van der Waals surface area contributed by atoms with Crippen molar-refractivity contribution in [1.82, 2.24) is 0 Å². The van der Waals surface area contributed by atoms with Gasteiger partial charge in [-0.15, -0.1) is 0 Å². The van der Waals surface area contributed by atoms with Crippen molar-refractivity contribution in [2.24, 2.45) is 0 Å². The predicted molar refractivity (Wildman–Crippen MR) is 100 cm³/mol. The van der Waals surface area contributed by atoms with E-state index >= 15 is 0 Å². The zero-order valence-electron chi connectivity index (χ0n) is 16.8. The van der Waals surface area contributed by atoms with Crippen molar-refractivity contribution in [3.63, 3.8) is 0 Å². The van der Waals surface area contributed by atoms with Crippen LogP contribution in [0.25, 0.3) is 0 Å². The molecular formula is C18H42NO3Si+. The van der Waals surface area contributed by atoms with Crippen molar-refractivity contribution in [2.75, 3.05) is 42.0 Å². The van der Waals surface area contributed by atoms with E-state index in [1.807, 2.05) is 0 Å². The van der Waals surface area contributed by atoms with E-state index in [1.165, 1.54) is 51.4 Å². The van der Waals surface area contributed by atoms with Crippen LogP contribution in [-0.2, 0) is 13.3 Å². The standard InChI is InChI=1S/C18H42NO3Si/c1-8-10-11-12-13-14-15-16-17-19(3,4)18(9-2)23(20-5,21-6)22-7/h18H,8-17H2,1-7H3/q+1. The minimum absolute atomic E-state index is 0.284. The molecule has 0 aromatic heterocycles. The first-order chi connectivity index (χ1) is 10.9. The van der Waals surface area contributed by atoms with E-state index in [4.69, 9.17) is 13.3 Å². The summed E-state index contributed by atoms with van der Waals surface area (Å²) >= 11 is 0. The second kappa shape index (κ2) is 12.4. The van der Waals surface area contributed by atoms with E-state index in [0.717, 1.165) is 17.4 Å². The summed E-state index contributed by atoms with van der Waals surface area (Å²) in [5.41, 5.74) is 0.284. The summed E-state index contributed by atoms with van der Waals surface area (Å²) in [6.45, 7) is 5.63. The first kappa shape index (κ1) is 23.1. The molecule has 5 heteroatoms. The van der Waals surface area contributed by atoms with E-state index in [2.05, 4.69) is 27.9 Å². The molecule has 0 aliphatic rings. The predicted octanol–water partition coefficient (Wildman–Crippen LogP) is 4.40. The Morgan fingerprint density at radius 3 is 1.57 bits per heavy atom. The summed E-state index contributed by atoms with van der Waals surface area (Å²) in [6, 6.07) is 0. The fraction of sp³-hybridized carbons (Fsp3) is 1.00. The first-order valence-electron chi connectivity index (χ1n) is 9.42. The van der Waals surface area contributed by atoms with Gasteiger partial charge in [-0.3, -0.25) is 0 Å². The van der Waals surface area contributed by atoms with Gasteiger partial charge in [0.1, 0.15) is 0 Å². The molecule has 0 fully saturated rings. The SMILES string of the molecule is CCCCCCCCCC[N+](C)(C)C(CC)[Si](OC)(OC)OC. The summed E-state index contributed by atoms with van der Waals surface area (Å²) in [7, 11) is 7.13. The average molecular weight is 349 g/mol. The molecule has 0 N–H and O–H groups in total. The molecule has 0 aliphatic carbocycles. The molecular weight excluding hydrogens is 306 g/mol. The quantitative estimate of drug-likeness (QED) is 0.249. The van der Waals surface area contributed by atoms with Gasteiger partial charge in [-0.25, -0.2) is 0 Å². The highest BCUT2D eigenvalue weighted by molar-refractivity contribution is 6.62. The van der Waals surface area contributed by atoms with Crippen LogP contribution in [0.2, 0.25) is 0 Å². The lowest BCUT2D eigenvalue weighted by Crippen LogP contribution is -2.67. The van der Waals surface area contributed by atoms with Crippen molar-refractivity contribution < 1.29 is 17.8 Å². The van der Waals surface area contributed by atoms with E-state index < -0.39 is 8.80 Å². The largest absolute Gasteiger partial charge is 0.561 e. The second-order valence-corrected chi connectivity index (χ2v) is 10.2. The van der Waals surface area contributed by atoms with Gasteiger partial charge in [-0.1, -0.05) is 52.4 Å². The van der Waals surface area contributed by atoms with Gasteiger partial charge in [0.25, 0.3) is 0 Å². The smallest absolute Gasteiger partial charge is 0.373 e. The van der Waals surface area contributed by atoms with E-state index in [9.17, 15) is 0 Å². The molecule has 0 aromatic carbocycles. The van der Waals surface area contributed by atoms with Crippen molar-refractivity contribution in [1.29, 1.82) is 0 Å². The normalized spacial score (nSPS) is 14.2. The molecule has 23 heavy (non-hydrogen) atoms. The Hall–Kier alpha value is 0.0569. The molecule has 0 amide bonds. The van der Waals surface area contributed by atoms with Crippen LogP contribution in [0.15, 0.2) is 0 Å². The summed E-state index contributed by atoms with van der Waals surface area (Å²) in [4.78, 5) is 0. The van der Waals surface area contributed by atoms with E-state index in [-0.39, 0.29) is 5.67 Å². The van der Waals surface area contributed by atoms with Gasteiger partial charge in [0.05, 0.1) is 20.6 Å². The van der Waals surface area contributed by atoms with Crippen molar-refractivity contribution >= 4 is 8.80 Å². The lowest BCUT2D eigenvalue weighted by Gasteiger charge is -2.43. The molecule has 140 valence electrons. The Kier molecular flexibility index (Phi) is 12.5. The molecule has 0 saturated heterocycles. The molecule has 0 aliphatic heterocycles. The van der Waals surface area contributed by atoms with Crippen LogP contribution >= 0.6 is 0 Å². The van der Waals surface area contributed by atoms with Gasteiger partial charge >= 0.3 is 8.80 Å². The third-order valence-electron chi connectivity index (χ3n) is 5.08. The highest BCUT2D eigenvalue weighted by atomic mass is 28.4. The maximum atomic E-state index is 5.74. The van der Waals surface area contributed by atoms with Gasteiger partial charge in [0.2, 0.25) is 0 Å². The van der Waals surface area contributed by atoms with Crippen molar-refractivity contribution in [2.45, 2.75) is 77.3 Å². The number of hydrogen-bond acceptors (Lipinski definition) is 3. The highest BCUT2D eigenvalue weighted by Crippen LogP contribution is 2.25. The minimum Gasteiger partial charge on any atom is -0.373 e. The molecule has 0 heterocycles. The van der Waals surface area contributed by atoms with Crippen LogP contribution < -0.4 is 0 Å². The van der Waals surface area contributed by atoms with Gasteiger partial charge in [0.15, 0.2) is 5.67 Å². The fourth-order valence-electron chi connectivity index (χ4n) is 3.64.